The standard InChI is InChI=1S/C14H18N2/c1-4-6-11(2)16-12(3)14-8-5-7-13(9-14)10-15/h4-5,7-9,11-12,16H,1,6H2,2-3H3. The fourth-order valence-electron chi connectivity index (χ4n) is 1.72. The zero-order valence-electron chi connectivity index (χ0n) is 9.90. The van der Waals surface area contributed by atoms with Crippen molar-refractivity contribution < 1.29 is 0 Å². The lowest BCUT2D eigenvalue weighted by Gasteiger charge is -2.19. The maximum Gasteiger partial charge on any atom is 0.0991 e. The molecule has 2 atom stereocenters. The first-order chi connectivity index (χ1) is 7.67. The van der Waals surface area contributed by atoms with Gasteiger partial charge < -0.3 is 5.32 Å². The summed E-state index contributed by atoms with van der Waals surface area (Å²) in [7, 11) is 0. The lowest BCUT2D eigenvalue weighted by molar-refractivity contribution is 0.482. The van der Waals surface area contributed by atoms with E-state index >= 15 is 0 Å². The van der Waals surface area contributed by atoms with Crippen molar-refractivity contribution in [2.75, 3.05) is 0 Å². The molecule has 0 aliphatic heterocycles. The van der Waals surface area contributed by atoms with Crippen molar-refractivity contribution >= 4 is 0 Å². The van der Waals surface area contributed by atoms with Crippen molar-refractivity contribution in [2.24, 2.45) is 0 Å². The summed E-state index contributed by atoms with van der Waals surface area (Å²) >= 11 is 0. The van der Waals surface area contributed by atoms with E-state index < -0.39 is 0 Å². The molecule has 2 heteroatoms. The van der Waals surface area contributed by atoms with Gasteiger partial charge in [0.1, 0.15) is 0 Å². The van der Waals surface area contributed by atoms with Crippen LogP contribution in [0.4, 0.5) is 0 Å². The molecule has 0 bridgehead atoms. The largest absolute Gasteiger partial charge is 0.307 e. The maximum atomic E-state index is 8.83. The minimum atomic E-state index is 0.253. The van der Waals surface area contributed by atoms with Crippen LogP contribution in [0.5, 0.6) is 0 Å². The van der Waals surface area contributed by atoms with Gasteiger partial charge in [0.15, 0.2) is 0 Å². The Morgan fingerprint density at radius 3 is 2.88 bits per heavy atom. The van der Waals surface area contributed by atoms with E-state index in [-0.39, 0.29) is 6.04 Å². The molecule has 84 valence electrons. The fraction of sp³-hybridized carbons (Fsp3) is 0.357. The van der Waals surface area contributed by atoms with Gasteiger partial charge in [-0.05, 0) is 38.0 Å². The van der Waals surface area contributed by atoms with E-state index in [1.54, 1.807) is 0 Å². The molecule has 0 saturated heterocycles. The van der Waals surface area contributed by atoms with Crippen molar-refractivity contribution in [2.45, 2.75) is 32.4 Å². The number of benzene rings is 1. The van der Waals surface area contributed by atoms with Gasteiger partial charge in [-0.1, -0.05) is 18.2 Å². The lowest BCUT2D eigenvalue weighted by atomic mass is 10.0. The first-order valence-corrected chi connectivity index (χ1v) is 5.54. The third kappa shape index (κ3) is 3.52. The summed E-state index contributed by atoms with van der Waals surface area (Å²) in [6, 6.07) is 10.5. The van der Waals surface area contributed by atoms with Crippen molar-refractivity contribution in [3.63, 3.8) is 0 Å². The molecule has 1 N–H and O–H groups in total. The zero-order valence-corrected chi connectivity index (χ0v) is 9.90. The molecule has 2 unspecified atom stereocenters. The van der Waals surface area contributed by atoms with Crippen molar-refractivity contribution in [3.8, 4) is 6.07 Å². The smallest absolute Gasteiger partial charge is 0.0991 e. The van der Waals surface area contributed by atoms with Gasteiger partial charge in [0, 0.05) is 12.1 Å². The van der Waals surface area contributed by atoms with Gasteiger partial charge in [0.05, 0.1) is 11.6 Å². The Balaban J connectivity index is 2.69. The summed E-state index contributed by atoms with van der Waals surface area (Å²) in [5, 5.41) is 12.3. The van der Waals surface area contributed by atoms with E-state index in [9.17, 15) is 0 Å². The van der Waals surface area contributed by atoms with Crippen molar-refractivity contribution in [1.82, 2.24) is 5.32 Å². The van der Waals surface area contributed by atoms with Crippen LogP contribution in [-0.4, -0.2) is 6.04 Å². The van der Waals surface area contributed by atoms with Crippen molar-refractivity contribution in [3.05, 3.63) is 48.0 Å². The average Bonchev–Trinajstić information content (AvgIpc) is 2.29. The molecule has 0 aliphatic carbocycles. The number of hydrogen-bond donors (Lipinski definition) is 1. The van der Waals surface area contributed by atoms with Crippen LogP contribution in [0.1, 0.15) is 37.4 Å². The van der Waals surface area contributed by atoms with Crippen LogP contribution in [0.15, 0.2) is 36.9 Å². The van der Waals surface area contributed by atoms with Crippen LogP contribution in [0, 0.1) is 11.3 Å². The highest BCUT2D eigenvalue weighted by Crippen LogP contribution is 2.15. The van der Waals surface area contributed by atoms with Gasteiger partial charge in [-0.25, -0.2) is 0 Å². The van der Waals surface area contributed by atoms with Gasteiger partial charge in [-0.3, -0.25) is 0 Å². The van der Waals surface area contributed by atoms with E-state index in [0.29, 0.717) is 11.6 Å². The summed E-state index contributed by atoms with van der Waals surface area (Å²) in [4.78, 5) is 0. The van der Waals surface area contributed by atoms with Crippen LogP contribution >= 0.6 is 0 Å². The number of hydrogen-bond acceptors (Lipinski definition) is 2. The Morgan fingerprint density at radius 1 is 1.50 bits per heavy atom. The predicted molar refractivity (Wildman–Crippen MR) is 67.0 cm³/mol. The average molecular weight is 214 g/mol. The first-order valence-electron chi connectivity index (χ1n) is 5.54. The SMILES string of the molecule is C=CCC(C)NC(C)c1cccc(C#N)c1. The molecular formula is C14H18N2. The van der Waals surface area contributed by atoms with Gasteiger partial charge in [0.2, 0.25) is 0 Å². The molecule has 0 aliphatic rings. The van der Waals surface area contributed by atoms with Crippen molar-refractivity contribution in [1.29, 1.82) is 5.26 Å². The van der Waals surface area contributed by atoms with Gasteiger partial charge in [-0.2, -0.15) is 5.26 Å². The molecule has 0 spiro atoms. The fourth-order valence-corrected chi connectivity index (χ4v) is 1.72. The maximum absolute atomic E-state index is 8.83. The van der Waals surface area contributed by atoms with Gasteiger partial charge >= 0.3 is 0 Å². The summed E-state index contributed by atoms with van der Waals surface area (Å²) in [5.41, 5.74) is 1.86. The second kappa shape index (κ2) is 6.09. The highest BCUT2D eigenvalue weighted by Gasteiger charge is 2.08. The minimum Gasteiger partial charge on any atom is -0.307 e. The highest BCUT2D eigenvalue weighted by atomic mass is 14.9. The van der Waals surface area contributed by atoms with Crippen LogP contribution in [0.3, 0.4) is 0 Å². The first kappa shape index (κ1) is 12.5. The Bertz CT molecular complexity index is 390. The molecule has 0 heterocycles. The molecule has 1 rings (SSSR count). The van der Waals surface area contributed by atoms with E-state index in [4.69, 9.17) is 5.26 Å². The monoisotopic (exact) mass is 214 g/mol. The Kier molecular flexibility index (Phi) is 4.75. The quantitative estimate of drug-likeness (QED) is 0.764. The summed E-state index contributed by atoms with van der Waals surface area (Å²) < 4.78 is 0. The van der Waals surface area contributed by atoms with Crippen LogP contribution in [0.2, 0.25) is 0 Å². The van der Waals surface area contributed by atoms with E-state index in [2.05, 4.69) is 31.8 Å². The molecule has 2 nitrogen and oxygen atoms in total. The summed E-state index contributed by atoms with van der Waals surface area (Å²) in [6.45, 7) is 7.96. The second-order valence-electron chi connectivity index (χ2n) is 4.05. The number of nitriles is 1. The molecular weight excluding hydrogens is 196 g/mol. The van der Waals surface area contributed by atoms with Crippen LogP contribution in [0.25, 0.3) is 0 Å². The van der Waals surface area contributed by atoms with E-state index in [1.165, 1.54) is 0 Å². The normalized spacial score (nSPS) is 13.8. The zero-order chi connectivity index (χ0) is 12.0. The Labute approximate surface area is 97.6 Å². The summed E-state index contributed by atoms with van der Waals surface area (Å²) in [6.07, 6.45) is 2.86. The summed E-state index contributed by atoms with van der Waals surface area (Å²) in [5.74, 6) is 0. The highest BCUT2D eigenvalue weighted by molar-refractivity contribution is 5.34. The Hall–Kier alpha value is -1.59. The number of rotatable bonds is 5. The minimum absolute atomic E-state index is 0.253. The molecule has 16 heavy (non-hydrogen) atoms. The van der Waals surface area contributed by atoms with Crippen LogP contribution in [-0.2, 0) is 0 Å². The van der Waals surface area contributed by atoms with E-state index in [1.807, 2.05) is 30.3 Å². The molecule has 0 radical (unpaired) electrons. The second-order valence-corrected chi connectivity index (χ2v) is 4.05. The van der Waals surface area contributed by atoms with Gasteiger partial charge in [-0.15, -0.1) is 6.58 Å². The molecule has 0 amide bonds. The molecule has 0 saturated carbocycles. The molecule has 1 aromatic carbocycles. The van der Waals surface area contributed by atoms with E-state index in [0.717, 1.165) is 12.0 Å². The molecule has 0 aromatic heterocycles. The predicted octanol–water partition coefficient (Wildman–Crippen LogP) is 3.17. The Morgan fingerprint density at radius 2 is 2.25 bits per heavy atom. The molecule has 1 aromatic rings. The lowest BCUT2D eigenvalue weighted by Crippen LogP contribution is -2.28. The number of nitrogens with one attached hydrogen (secondary N) is 1. The number of nitrogens with zero attached hydrogens (tertiary/aromatic N) is 1. The van der Waals surface area contributed by atoms with Crippen LogP contribution < -0.4 is 5.32 Å². The third-order valence-corrected chi connectivity index (χ3v) is 2.57. The van der Waals surface area contributed by atoms with Gasteiger partial charge in [0.25, 0.3) is 0 Å². The third-order valence-electron chi connectivity index (χ3n) is 2.57. The topological polar surface area (TPSA) is 35.8 Å². The molecule has 0 fully saturated rings.